The van der Waals surface area contributed by atoms with Crippen LogP contribution in [0.4, 0.5) is 70.2 Å². The third-order valence-corrected chi connectivity index (χ3v) is 8.19. The Morgan fingerprint density at radius 1 is 0.447 bits per heavy atom. The molecular formula is C19H20F16O3. The first-order valence-corrected chi connectivity index (χ1v) is 10.6. The molecular weight excluding hydrogens is 580 g/mol. The molecule has 38 heavy (non-hydrogen) atoms. The number of rotatable bonds is 5. The van der Waals surface area contributed by atoms with E-state index in [0.717, 1.165) is 13.8 Å². The van der Waals surface area contributed by atoms with Gasteiger partial charge in [-0.05, 0) is 48.3 Å². The summed E-state index contributed by atoms with van der Waals surface area (Å²) < 4.78 is 215. The van der Waals surface area contributed by atoms with Crippen molar-refractivity contribution in [2.45, 2.75) is 74.6 Å². The highest BCUT2D eigenvalue weighted by Gasteiger charge is 2.79. The van der Waals surface area contributed by atoms with Gasteiger partial charge in [-0.1, -0.05) is 13.8 Å². The molecule has 2 rings (SSSR count). The zero-order valence-electron chi connectivity index (χ0n) is 18.8. The minimum atomic E-state index is -6.69. The van der Waals surface area contributed by atoms with Gasteiger partial charge in [0.25, 0.3) is 11.2 Å². The normalized spacial score (nSPS) is 33.6. The second kappa shape index (κ2) is 8.88. The van der Waals surface area contributed by atoms with Gasteiger partial charge in [0.1, 0.15) is 0 Å². The maximum atomic E-state index is 14.8. The van der Waals surface area contributed by atoms with E-state index in [1.54, 1.807) is 0 Å². The predicted molar refractivity (Wildman–Crippen MR) is 91.2 cm³/mol. The van der Waals surface area contributed by atoms with E-state index >= 15 is 0 Å². The van der Waals surface area contributed by atoms with Crippen LogP contribution >= 0.6 is 0 Å². The van der Waals surface area contributed by atoms with Crippen LogP contribution in [-0.4, -0.2) is 63.3 Å². The molecule has 2 aliphatic carbocycles. The first-order valence-electron chi connectivity index (χ1n) is 10.6. The molecule has 2 fully saturated rings. The zero-order chi connectivity index (χ0) is 30.5. The van der Waals surface area contributed by atoms with Crippen molar-refractivity contribution in [1.29, 1.82) is 0 Å². The molecule has 3 nitrogen and oxygen atoms in total. The summed E-state index contributed by atoms with van der Waals surface area (Å²) in [5.74, 6) is -22.7. The SMILES string of the molecule is CC1C(C)C2C(CC(O)(C(F)(F)F)C(F)(F)F)C(CC(O)(C(F)(F)F)C(F)(F)F)C1C2C(O)(F)C(F)(F)F. The van der Waals surface area contributed by atoms with Gasteiger partial charge in [0, 0.05) is 5.92 Å². The lowest BCUT2D eigenvalue weighted by molar-refractivity contribution is -0.381. The Bertz CT molecular complexity index is 782. The molecule has 0 amide bonds. The number of halogens is 16. The van der Waals surface area contributed by atoms with E-state index in [0.29, 0.717) is 0 Å². The number of fused-ring (bicyclic) bond motifs is 2. The molecule has 0 spiro atoms. The molecule has 0 aromatic carbocycles. The maximum Gasteiger partial charge on any atom is 0.448 e. The van der Waals surface area contributed by atoms with Gasteiger partial charge in [0.15, 0.2) is 0 Å². The van der Waals surface area contributed by atoms with E-state index in [4.69, 9.17) is 0 Å². The summed E-state index contributed by atoms with van der Waals surface area (Å²) >= 11 is 0. The molecule has 0 heterocycles. The Balaban J connectivity index is 2.84. The molecule has 0 aliphatic heterocycles. The van der Waals surface area contributed by atoms with E-state index < -0.39 is 102 Å². The predicted octanol–water partition coefficient (Wildman–Crippen LogP) is 6.08. The van der Waals surface area contributed by atoms with E-state index in [9.17, 15) is 85.6 Å². The lowest BCUT2D eigenvalue weighted by Gasteiger charge is -2.45. The van der Waals surface area contributed by atoms with Crippen LogP contribution in [0, 0.1) is 41.4 Å². The van der Waals surface area contributed by atoms with Crippen LogP contribution in [0.3, 0.4) is 0 Å². The quantitative estimate of drug-likeness (QED) is 0.336. The number of hydrogen-bond acceptors (Lipinski definition) is 3. The van der Waals surface area contributed by atoms with Crippen LogP contribution in [-0.2, 0) is 0 Å². The van der Waals surface area contributed by atoms with E-state index in [2.05, 4.69) is 0 Å². The fraction of sp³-hybridized carbons (Fsp3) is 1.00. The topological polar surface area (TPSA) is 60.7 Å². The monoisotopic (exact) mass is 600 g/mol. The molecule has 0 aromatic rings. The first kappa shape index (κ1) is 33.0. The Morgan fingerprint density at radius 3 is 0.868 bits per heavy atom. The van der Waals surface area contributed by atoms with Crippen LogP contribution in [0.25, 0.3) is 0 Å². The van der Waals surface area contributed by atoms with Crippen molar-refractivity contribution < 1.29 is 85.6 Å². The number of hydrogen-bond donors (Lipinski definition) is 3. The second-order valence-electron chi connectivity index (χ2n) is 10.0. The third kappa shape index (κ3) is 4.71. The lowest BCUT2D eigenvalue weighted by Crippen LogP contribution is -2.61. The van der Waals surface area contributed by atoms with Crippen LogP contribution in [0.2, 0.25) is 0 Å². The Kier molecular flexibility index (Phi) is 7.70. The molecule has 19 heteroatoms. The molecule has 0 radical (unpaired) electrons. The molecule has 2 saturated carbocycles. The fourth-order valence-electron chi connectivity index (χ4n) is 6.24. The van der Waals surface area contributed by atoms with Gasteiger partial charge in [-0.2, -0.15) is 65.9 Å². The Hall–Kier alpha value is -1.24. The van der Waals surface area contributed by atoms with Gasteiger partial charge in [0.05, 0.1) is 0 Å². The summed E-state index contributed by atoms with van der Waals surface area (Å²) in [6.45, 7) is 1.69. The summed E-state index contributed by atoms with van der Waals surface area (Å²) in [6.07, 6.45) is -38.7. The summed E-state index contributed by atoms with van der Waals surface area (Å²) in [6, 6.07) is 0. The van der Waals surface area contributed by atoms with Crippen molar-refractivity contribution in [3.05, 3.63) is 0 Å². The van der Waals surface area contributed by atoms with Crippen LogP contribution in [0.15, 0.2) is 0 Å². The minimum absolute atomic E-state index is 0.845. The average molecular weight is 600 g/mol. The van der Waals surface area contributed by atoms with Crippen molar-refractivity contribution in [1.82, 2.24) is 0 Å². The zero-order valence-corrected chi connectivity index (χ0v) is 18.8. The summed E-state index contributed by atoms with van der Waals surface area (Å²) in [5, 5.41) is 28.8. The van der Waals surface area contributed by atoms with Crippen LogP contribution in [0.5, 0.6) is 0 Å². The highest BCUT2D eigenvalue weighted by Crippen LogP contribution is 2.70. The molecule has 7 atom stereocenters. The standard InChI is InChI=1S/C19H20F16O3/c1-5-6(2)10-8(4-13(37,17(27,28)29)18(30,31)32)7(3-12(36,15(21,22)23)16(24,25)26)9(5)11(10)14(20,38)19(33,34)35/h5-11,36-38H,3-4H2,1-2H3. The molecule has 226 valence electrons. The number of alkyl halides is 16. The lowest BCUT2D eigenvalue weighted by atomic mass is 9.63. The van der Waals surface area contributed by atoms with Crippen molar-refractivity contribution in [2.75, 3.05) is 0 Å². The number of aliphatic hydroxyl groups is 3. The summed E-state index contributed by atoms with van der Waals surface area (Å²) in [7, 11) is 0. The Labute approximate surface area is 202 Å². The van der Waals surface area contributed by atoms with Gasteiger partial charge >= 0.3 is 36.7 Å². The van der Waals surface area contributed by atoms with Gasteiger partial charge in [-0.25, -0.2) is 4.39 Å². The van der Waals surface area contributed by atoms with E-state index in [1.165, 1.54) is 0 Å². The van der Waals surface area contributed by atoms with Crippen LogP contribution < -0.4 is 0 Å². The van der Waals surface area contributed by atoms with E-state index in [1.807, 2.05) is 0 Å². The molecule has 2 aliphatic rings. The van der Waals surface area contributed by atoms with Gasteiger partial charge in [-0.3, -0.25) is 0 Å². The largest absolute Gasteiger partial charge is 0.448 e. The third-order valence-electron chi connectivity index (χ3n) is 8.19. The smallest absolute Gasteiger partial charge is 0.374 e. The second-order valence-corrected chi connectivity index (χ2v) is 10.0. The van der Waals surface area contributed by atoms with Gasteiger partial charge in [-0.15, -0.1) is 0 Å². The fourth-order valence-corrected chi connectivity index (χ4v) is 6.24. The molecule has 3 N–H and O–H groups in total. The van der Waals surface area contributed by atoms with Crippen LogP contribution in [0.1, 0.15) is 26.7 Å². The average Bonchev–Trinajstić information content (AvgIpc) is 3.09. The molecule has 7 unspecified atom stereocenters. The maximum absolute atomic E-state index is 14.8. The molecule has 2 bridgehead atoms. The summed E-state index contributed by atoms with van der Waals surface area (Å²) in [4.78, 5) is 0. The summed E-state index contributed by atoms with van der Waals surface area (Å²) in [5.41, 5.74) is -11.7. The highest BCUT2D eigenvalue weighted by molar-refractivity contribution is 5.16. The highest BCUT2D eigenvalue weighted by atomic mass is 19.4. The van der Waals surface area contributed by atoms with Crippen molar-refractivity contribution in [3.63, 3.8) is 0 Å². The first-order chi connectivity index (χ1) is 16.4. The van der Waals surface area contributed by atoms with Gasteiger partial charge in [0.2, 0.25) is 0 Å². The van der Waals surface area contributed by atoms with Crippen molar-refractivity contribution >= 4 is 0 Å². The van der Waals surface area contributed by atoms with Crippen molar-refractivity contribution in [2.24, 2.45) is 41.4 Å². The minimum Gasteiger partial charge on any atom is -0.374 e. The molecule has 0 saturated heterocycles. The van der Waals surface area contributed by atoms with Gasteiger partial charge < -0.3 is 15.3 Å². The van der Waals surface area contributed by atoms with E-state index in [-0.39, 0.29) is 0 Å². The molecule has 0 aromatic heterocycles. The Morgan fingerprint density at radius 2 is 0.684 bits per heavy atom. The van der Waals surface area contributed by atoms with Crippen molar-refractivity contribution in [3.8, 4) is 0 Å².